The van der Waals surface area contributed by atoms with Gasteiger partial charge in [0, 0.05) is 24.2 Å². The predicted octanol–water partition coefficient (Wildman–Crippen LogP) is 4.94. The van der Waals surface area contributed by atoms with Gasteiger partial charge in [0.1, 0.15) is 5.75 Å². The number of benzene rings is 2. The molecule has 0 aliphatic carbocycles. The minimum atomic E-state index is 0.565. The maximum atomic E-state index is 5.45. The Labute approximate surface area is 155 Å². The van der Waals surface area contributed by atoms with Gasteiger partial charge < -0.3 is 15.0 Å². The fourth-order valence-corrected chi connectivity index (χ4v) is 3.98. The van der Waals surface area contributed by atoms with Crippen molar-refractivity contribution in [2.24, 2.45) is 0 Å². The molecule has 3 aromatic rings. The lowest BCUT2D eigenvalue weighted by Gasteiger charge is -2.24. The molecule has 1 unspecified atom stereocenters. The molecule has 0 radical (unpaired) electrons. The second-order valence-corrected chi connectivity index (χ2v) is 6.99. The summed E-state index contributed by atoms with van der Waals surface area (Å²) in [5, 5.41) is 4.94. The molecule has 0 saturated carbocycles. The second-order valence-electron chi connectivity index (χ2n) is 6.99. The Balaban J connectivity index is 1.37. The van der Waals surface area contributed by atoms with Crippen molar-refractivity contribution in [2.75, 3.05) is 13.7 Å². The van der Waals surface area contributed by atoms with Crippen LogP contribution in [-0.2, 0) is 6.42 Å². The summed E-state index contributed by atoms with van der Waals surface area (Å²) in [6.07, 6.45) is 8.93. The van der Waals surface area contributed by atoms with Gasteiger partial charge in [0.15, 0.2) is 0 Å². The molecule has 0 fully saturated rings. The predicted molar refractivity (Wildman–Crippen MR) is 109 cm³/mol. The topological polar surface area (TPSA) is 37.0 Å². The first kappa shape index (κ1) is 16.9. The molecular weight excluding hydrogens is 320 g/mol. The van der Waals surface area contributed by atoms with Crippen LogP contribution < -0.4 is 10.1 Å². The van der Waals surface area contributed by atoms with E-state index in [9.17, 15) is 0 Å². The van der Waals surface area contributed by atoms with Gasteiger partial charge in [0.25, 0.3) is 0 Å². The van der Waals surface area contributed by atoms with E-state index in [1.165, 1.54) is 34.9 Å². The Morgan fingerprint density at radius 3 is 2.81 bits per heavy atom. The number of H-pyrrole nitrogens is 1. The van der Waals surface area contributed by atoms with Gasteiger partial charge >= 0.3 is 0 Å². The third-order valence-electron chi connectivity index (χ3n) is 5.36. The first-order valence-electron chi connectivity index (χ1n) is 9.46. The lowest BCUT2D eigenvalue weighted by Crippen LogP contribution is -2.32. The molecule has 1 aromatic heterocycles. The Kier molecular flexibility index (Phi) is 5.07. The quantitative estimate of drug-likeness (QED) is 0.663. The highest BCUT2D eigenvalue weighted by Gasteiger charge is 2.16. The molecule has 0 spiro atoms. The lowest BCUT2D eigenvalue weighted by molar-refractivity contribution is 0.419. The van der Waals surface area contributed by atoms with Gasteiger partial charge in [-0.1, -0.05) is 42.5 Å². The number of methoxy groups -OCH3 is 1. The monoisotopic (exact) mass is 346 g/mol. The smallest absolute Gasteiger partial charge is 0.142 e. The van der Waals surface area contributed by atoms with E-state index in [1.54, 1.807) is 7.11 Å². The summed E-state index contributed by atoms with van der Waals surface area (Å²) in [5.41, 5.74) is 5.35. The van der Waals surface area contributed by atoms with Crippen molar-refractivity contribution in [1.82, 2.24) is 10.3 Å². The SMILES string of the molecule is COc1ccc(CCCC2CC(c3ccccc3)=CCN2)c2cc[nH]c12. The van der Waals surface area contributed by atoms with Crippen molar-refractivity contribution in [3.63, 3.8) is 0 Å². The number of ether oxygens (including phenoxy) is 1. The van der Waals surface area contributed by atoms with Crippen LogP contribution in [0.3, 0.4) is 0 Å². The Hall–Kier alpha value is -2.52. The van der Waals surface area contributed by atoms with Gasteiger partial charge in [-0.3, -0.25) is 0 Å². The molecule has 1 atom stereocenters. The van der Waals surface area contributed by atoms with Crippen molar-refractivity contribution in [3.05, 3.63) is 71.9 Å². The Morgan fingerprint density at radius 2 is 1.96 bits per heavy atom. The standard InChI is InChI=1S/C23H26N2O/c1-26-22-11-10-18(21-13-15-25-23(21)22)8-5-9-20-16-19(12-14-24-20)17-6-3-2-4-7-17/h2-4,6-7,10-13,15,20,24-25H,5,8-9,14,16H2,1H3. The van der Waals surface area contributed by atoms with Gasteiger partial charge in [0.2, 0.25) is 0 Å². The van der Waals surface area contributed by atoms with E-state index in [4.69, 9.17) is 4.74 Å². The van der Waals surface area contributed by atoms with Gasteiger partial charge in [0.05, 0.1) is 12.6 Å². The Bertz CT molecular complexity index is 895. The molecule has 0 saturated heterocycles. The molecule has 3 nitrogen and oxygen atoms in total. The minimum absolute atomic E-state index is 0.565. The van der Waals surface area contributed by atoms with Gasteiger partial charge in [-0.15, -0.1) is 0 Å². The average molecular weight is 346 g/mol. The second kappa shape index (κ2) is 7.79. The van der Waals surface area contributed by atoms with E-state index in [1.807, 2.05) is 6.20 Å². The van der Waals surface area contributed by atoms with Crippen LogP contribution in [0.4, 0.5) is 0 Å². The van der Waals surface area contributed by atoms with Crippen molar-refractivity contribution in [3.8, 4) is 5.75 Å². The average Bonchev–Trinajstić information content (AvgIpc) is 3.19. The zero-order chi connectivity index (χ0) is 17.8. The van der Waals surface area contributed by atoms with Gasteiger partial charge in [-0.2, -0.15) is 0 Å². The summed E-state index contributed by atoms with van der Waals surface area (Å²) in [5.74, 6) is 0.917. The van der Waals surface area contributed by atoms with Gasteiger partial charge in [-0.25, -0.2) is 0 Å². The van der Waals surface area contributed by atoms with E-state index >= 15 is 0 Å². The highest BCUT2D eigenvalue weighted by molar-refractivity contribution is 5.88. The number of nitrogens with one attached hydrogen (secondary N) is 2. The zero-order valence-electron chi connectivity index (χ0n) is 15.3. The maximum absolute atomic E-state index is 5.45. The normalized spacial score (nSPS) is 17.3. The molecule has 4 rings (SSSR count). The first-order valence-corrected chi connectivity index (χ1v) is 9.46. The first-order chi connectivity index (χ1) is 12.8. The number of aryl methyl sites for hydroxylation is 1. The molecule has 2 heterocycles. The van der Waals surface area contributed by atoms with Crippen molar-refractivity contribution < 1.29 is 4.74 Å². The van der Waals surface area contributed by atoms with Crippen LogP contribution >= 0.6 is 0 Å². The molecule has 3 heteroatoms. The van der Waals surface area contributed by atoms with Crippen molar-refractivity contribution in [2.45, 2.75) is 31.7 Å². The summed E-state index contributed by atoms with van der Waals surface area (Å²) >= 11 is 0. The van der Waals surface area contributed by atoms with E-state index in [0.717, 1.165) is 30.7 Å². The summed E-state index contributed by atoms with van der Waals surface area (Å²) in [6.45, 7) is 0.972. The largest absolute Gasteiger partial charge is 0.495 e. The molecule has 0 bridgehead atoms. The fraction of sp³-hybridized carbons (Fsp3) is 0.304. The van der Waals surface area contributed by atoms with Crippen LogP contribution in [0.25, 0.3) is 16.5 Å². The summed E-state index contributed by atoms with van der Waals surface area (Å²) < 4.78 is 5.45. The van der Waals surface area contributed by atoms with Crippen molar-refractivity contribution in [1.29, 1.82) is 0 Å². The van der Waals surface area contributed by atoms with Crippen LogP contribution in [-0.4, -0.2) is 24.7 Å². The third-order valence-corrected chi connectivity index (χ3v) is 5.36. The molecule has 0 amide bonds. The number of fused-ring (bicyclic) bond motifs is 1. The van der Waals surface area contributed by atoms with Crippen LogP contribution in [0.5, 0.6) is 5.75 Å². The summed E-state index contributed by atoms with van der Waals surface area (Å²) in [6, 6.07) is 17.8. The van der Waals surface area contributed by atoms with E-state index < -0.39 is 0 Å². The number of aromatic amines is 1. The van der Waals surface area contributed by atoms with Crippen molar-refractivity contribution >= 4 is 16.5 Å². The molecule has 2 N–H and O–H groups in total. The van der Waals surface area contributed by atoms with Gasteiger partial charge in [-0.05, 0) is 54.5 Å². The van der Waals surface area contributed by atoms with E-state index in [0.29, 0.717) is 6.04 Å². The van der Waals surface area contributed by atoms with Crippen LogP contribution in [0.2, 0.25) is 0 Å². The zero-order valence-corrected chi connectivity index (χ0v) is 15.3. The Morgan fingerprint density at radius 1 is 1.08 bits per heavy atom. The number of hydrogen-bond donors (Lipinski definition) is 2. The molecule has 2 aromatic carbocycles. The summed E-state index contributed by atoms with van der Waals surface area (Å²) in [7, 11) is 1.72. The number of rotatable bonds is 6. The maximum Gasteiger partial charge on any atom is 0.142 e. The fourth-order valence-electron chi connectivity index (χ4n) is 3.98. The highest BCUT2D eigenvalue weighted by Crippen LogP contribution is 2.29. The number of hydrogen-bond acceptors (Lipinski definition) is 2. The third kappa shape index (κ3) is 3.54. The molecule has 1 aliphatic rings. The van der Waals surface area contributed by atoms with E-state index in [-0.39, 0.29) is 0 Å². The van der Waals surface area contributed by atoms with Crippen LogP contribution in [0.15, 0.2) is 60.8 Å². The van der Waals surface area contributed by atoms with Crippen LogP contribution in [0.1, 0.15) is 30.4 Å². The number of aromatic nitrogens is 1. The minimum Gasteiger partial charge on any atom is -0.495 e. The molecule has 1 aliphatic heterocycles. The molecule has 26 heavy (non-hydrogen) atoms. The molecular formula is C23H26N2O. The van der Waals surface area contributed by atoms with E-state index in [2.05, 4.69) is 64.9 Å². The lowest BCUT2D eigenvalue weighted by atomic mass is 9.92. The summed E-state index contributed by atoms with van der Waals surface area (Å²) in [4.78, 5) is 3.30. The van der Waals surface area contributed by atoms with Crippen LogP contribution in [0, 0.1) is 0 Å². The highest BCUT2D eigenvalue weighted by atomic mass is 16.5. The molecule has 134 valence electrons.